The smallest absolute Gasteiger partial charge is 0.233 e. The van der Waals surface area contributed by atoms with Crippen molar-refractivity contribution in [1.29, 1.82) is 0 Å². The Kier molecular flexibility index (Phi) is 5.52. The highest BCUT2D eigenvalue weighted by atomic mass is 32.2. The standard InChI is InChI=1S/C21H24N4O2S/c1-15-7-6-11-24(13-15)19(26)14-28-21-23-22-20(18-10-12-27-16(18)2)25(21)17-8-4-3-5-9-17/h3-5,8-10,12,15H,6-7,11,13-14H2,1-2H3. The molecule has 0 bridgehead atoms. The maximum Gasteiger partial charge on any atom is 0.233 e. The molecule has 1 amide bonds. The molecule has 2 aromatic heterocycles. The van der Waals surface area contributed by atoms with Crippen LogP contribution in [0.2, 0.25) is 0 Å². The van der Waals surface area contributed by atoms with Crippen LogP contribution in [-0.2, 0) is 4.79 Å². The van der Waals surface area contributed by atoms with Crippen molar-refractivity contribution < 1.29 is 9.21 Å². The number of thioether (sulfide) groups is 1. The fraction of sp³-hybridized carbons (Fsp3) is 0.381. The van der Waals surface area contributed by atoms with E-state index < -0.39 is 0 Å². The number of amides is 1. The molecule has 1 aromatic carbocycles. The maximum atomic E-state index is 12.7. The van der Waals surface area contributed by atoms with E-state index in [0.717, 1.165) is 42.3 Å². The number of likely N-dealkylation sites (tertiary alicyclic amines) is 1. The number of hydrogen-bond donors (Lipinski definition) is 0. The quantitative estimate of drug-likeness (QED) is 0.605. The van der Waals surface area contributed by atoms with Crippen LogP contribution < -0.4 is 0 Å². The van der Waals surface area contributed by atoms with Gasteiger partial charge in [-0.05, 0) is 43.9 Å². The third kappa shape index (κ3) is 3.85. The zero-order valence-corrected chi connectivity index (χ0v) is 17.0. The lowest BCUT2D eigenvalue weighted by molar-refractivity contribution is -0.130. The number of hydrogen-bond acceptors (Lipinski definition) is 5. The summed E-state index contributed by atoms with van der Waals surface area (Å²) < 4.78 is 7.45. The molecule has 4 rings (SSSR count). The van der Waals surface area contributed by atoms with Crippen molar-refractivity contribution in [1.82, 2.24) is 19.7 Å². The molecule has 3 heterocycles. The zero-order valence-electron chi connectivity index (χ0n) is 16.2. The summed E-state index contributed by atoms with van der Waals surface area (Å²) in [6, 6.07) is 11.9. The number of aromatic nitrogens is 3. The third-order valence-electron chi connectivity index (χ3n) is 5.08. The Morgan fingerprint density at radius 3 is 2.79 bits per heavy atom. The molecule has 0 N–H and O–H groups in total. The molecule has 28 heavy (non-hydrogen) atoms. The molecule has 6 nitrogen and oxygen atoms in total. The lowest BCUT2D eigenvalue weighted by Gasteiger charge is -2.30. The zero-order chi connectivity index (χ0) is 19.5. The molecule has 146 valence electrons. The van der Waals surface area contributed by atoms with Crippen molar-refractivity contribution in [2.75, 3.05) is 18.8 Å². The third-order valence-corrected chi connectivity index (χ3v) is 6.00. The van der Waals surface area contributed by atoms with Crippen LogP contribution in [0.5, 0.6) is 0 Å². The Morgan fingerprint density at radius 1 is 1.25 bits per heavy atom. The van der Waals surface area contributed by atoms with Gasteiger partial charge in [0.2, 0.25) is 5.91 Å². The first-order valence-corrected chi connectivity index (χ1v) is 10.6. The van der Waals surface area contributed by atoms with Gasteiger partial charge in [-0.2, -0.15) is 0 Å². The first-order chi connectivity index (χ1) is 13.6. The molecule has 1 unspecified atom stereocenters. The van der Waals surface area contributed by atoms with Gasteiger partial charge in [0, 0.05) is 18.8 Å². The Hall–Kier alpha value is -2.54. The normalized spacial score (nSPS) is 17.1. The second kappa shape index (κ2) is 8.22. The first kappa shape index (κ1) is 18.8. The summed E-state index contributed by atoms with van der Waals surface area (Å²) in [5, 5.41) is 9.50. The predicted molar refractivity (Wildman–Crippen MR) is 110 cm³/mol. The van der Waals surface area contributed by atoms with Crippen LogP contribution in [0.15, 0.2) is 52.2 Å². The summed E-state index contributed by atoms with van der Waals surface area (Å²) in [5.74, 6) is 2.62. The van der Waals surface area contributed by atoms with Gasteiger partial charge in [-0.25, -0.2) is 0 Å². The number of rotatable bonds is 5. The Bertz CT molecular complexity index is 950. The number of nitrogens with zero attached hydrogens (tertiary/aromatic N) is 4. The van der Waals surface area contributed by atoms with E-state index >= 15 is 0 Å². The highest BCUT2D eigenvalue weighted by molar-refractivity contribution is 7.99. The number of benzene rings is 1. The summed E-state index contributed by atoms with van der Waals surface area (Å²) in [5.41, 5.74) is 1.86. The average Bonchev–Trinajstić information content (AvgIpc) is 3.32. The molecule has 1 aliphatic heterocycles. The second-order valence-corrected chi connectivity index (χ2v) is 8.19. The number of piperidine rings is 1. The molecule has 3 aromatic rings. The van der Waals surface area contributed by atoms with Crippen molar-refractivity contribution in [3.63, 3.8) is 0 Å². The second-order valence-electron chi connectivity index (χ2n) is 7.24. The number of para-hydroxylation sites is 1. The van der Waals surface area contributed by atoms with E-state index in [-0.39, 0.29) is 5.91 Å². The lowest BCUT2D eigenvalue weighted by atomic mass is 10.0. The average molecular weight is 397 g/mol. The summed E-state index contributed by atoms with van der Waals surface area (Å²) in [6.07, 6.45) is 3.94. The van der Waals surface area contributed by atoms with Gasteiger partial charge in [0.05, 0.1) is 17.6 Å². The van der Waals surface area contributed by atoms with E-state index in [0.29, 0.717) is 16.8 Å². The summed E-state index contributed by atoms with van der Waals surface area (Å²) in [4.78, 5) is 14.7. The van der Waals surface area contributed by atoms with Crippen molar-refractivity contribution in [3.8, 4) is 17.1 Å². The summed E-state index contributed by atoms with van der Waals surface area (Å²) >= 11 is 1.44. The molecule has 0 spiro atoms. The molecular weight excluding hydrogens is 372 g/mol. The molecular formula is C21H24N4O2S. The van der Waals surface area contributed by atoms with E-state index in [4.69, 9.17) is 4.42 Å². The Balaban J connectivity index is 1.60. The highest BCUT2D eigenvalue weighted by Gasteiger charge is 2.23. The number of carbonyl (C=O) groups excluding carboxylic acids is 1. The van der Waals surface area contributed by atoms with Gasteiger partial charge in [0.15, 0.2) is 11.0 Å². The van der Waals surface area contributed by atoms with Gasteiger partial charge in [-0.3, -0.25) is 9.36 Å². The highest BCUT2D eigenvalue weighted by Crippen LogP contribution is 2.30. The van der Waals surface area contributed by atoms with Crippen LogP contribution in [0.25, 0.3) is 17.1 Å². The van der Waals surface area contributed by atoms with Gasteiger partial charge in [0.1, 0.15) is 5.76 Å². The van der Waals surface area contributed by atoms with Crippen molar-refractivity contribution >= 4 is 17.7 Å². The minimum absolute atomic E-state index is 0.167. The van der Waals surface area contributed by atoms with Crippen molar-refractivity contribution in [3.05, 3.63) is 48.4 Å². The van der Waals surface area contributed by atoms with Gasteiger partial charge in [0.25, 0.3) is 0 Å². The molecule has 1 fully saturated rings. The molecule has 1 saturated heterocycles. The Labute approximate surface area is 168 Å². The van der Waals surface area contributed by atoms with Crippen molar-refractivity contribution in [2.45, 2.75) is 31.8 Å². The van der Waals surface area contributed by atoms with E-state index in [1.54, 1.807) is 6.26 Å². The maximum absolute atomic E-state index is 12.7. The van der Waals surface area contributed by atoms with Gasteiger partial charge in [-0.15, -0.1) is 10.2 Å². The van der Waals surface area contributed by atoms with Gasteiger partial charge in [-0.1, -0.05) is 36.9 Å². The van der Waals surface area contributed by atoms with Gasteiger partial charge >= 0.3 is 0 Å². The van der Waals surface area contributed by atoms with Crippen LogP contribution in [0.3, 0.4) is 0 Å². The first-order valence-electron chi connectivity index (χ1n) is 9.59. The molecule has 1 atom stereocenters. The van der Waals surface area contributed by atoms with E-state index in [1.165, 1.54) is 18.2 Å². The Morgan fingerprint density at radius 2 is 2.07 bits per heavy atom. The van der Waals surface area contributed by atoms with E-state index in [9.17, 15) is 4.79 Å². The largest absolute Gasteiger partial charge is 0.469 e. The van der Waals surface area contributed by atoms with Crippen LogP contribution in [0.4, 0.5) is 0 Å². The van der Waals surface area contributed by atoms with Gasteiger partial charge < -0.3 is 9.32 Å². The summed E-state index contributed by atoms with van der Waals surface area (Å²) in [6.45, 7) is 5.82. The lowest BCUT2D eigenvalue weighted by Crippen LogP contribution is -2.40. The van der Waals surface area contributed by atoms with Crippen LogP contribution in [0.1, 0.15) is 25.5 Å². The fourth-order valence-electron chi connectivity index (χ4n) is 3.60. The molecule has 0 radical (unpaired) electrons. The van der Waals surface area contributed by atoms with Crippen LogP contribution in [0, 0.1) is 12.8 Å². The number of furan rings is 1. The van der Waals surface area contributed by atoms with E-state index in [1.807, 2.05) is 52.8 Å². The molecule has 0 saturated carbocycles. The minimum Gasteiger partial charge on any atom is -0.469 e. The molecule has 7 heteroatoms. The number of aryl methyl sites for hydroxylation is 1. The SMILES string of the molecule is Cc1occc1-c1nnc(SCC(=O)N2CCCC(C)C2)n1-c1ccccc1. The number of carbonyl (C=O) groups is 1. The topological polar surface area (TPSA) is 64.2 Å². The van der Waals surface area contributed by atoms with Crippen LogP contribution >= 0.6 is 11.8 Å². The van der Waals surface area contributed by atoms with E-state index in [2.05, 4.69) is 17.1 Å². The molecule has 1 aliphatic rings. The van der Waals surface area contributed by atoms with Crippen molar-refractivity contribution in [2.24, 2.45) is 5.92 Å². The minimum atomic E-state index is 0.167. The monoisotopic (exact) mass is 396 g/mol. The predicted octanol–water partition coefficient (Wildman–Crippen LogP) is 4.19. The fourth-order valence-corrected chi connectivity index (χ4v) is 4.45. The molecule has 0 aliphatic carbocycles. The van der Waals surface area contributed by atoms with Crippen LogP contribution in [-0.4, -0.2) is 44.4 Å². The summed E-state index contributed by atoms with van der Waals surface area (Å²) in [7, 11) is 0.